The molecule has 2 aliphatic heterocycles. The summed E-state index contributed by atoms with van der Waals surface area (Å²) in [4.78, 5) is 23.8. The van der Waals surface area contributed by atoms with E-state index in [2.05, 4.69) is 20.3 Å². The van der Waals surface area contributed by atoms with Crippen molar-refractivity contribution >= 4 is 11.9 Å². The molecule has 0 radical (unpaired) electrons. The number of hydrogen-bond donors (Lipinski definition) is 1. The molecule has 1 fully saturated rings. The molecule has 0 aromatic carbocycles. The Hall–Kier alpha value is -2.48. The number of piperidine rings is 1. The van der Waals surface area contributed by atoms with Crippen LogP contribution in [0.1, 0.15) is 34.6 Å². The monoisotopic (exact) mass is 342 g/mol. The maximum atomic E-state index is 12.4. The zero-order chi connectivity index (χ0) is 17.2. The van der Waals surface area contributed by atoms with Gasteiger partial charge in [-0.3, -0.25) is 9.48 Å². The highest BCUT2D eigenvalue weighted by Crippen LogP contribution is 2.20. The molecule has 4 heterocycles. The van der Waals surface area contributed by atoms with Crippen molar-refractivity contribution in [1.29, 1.82) is 0 Å². The third-order valence-electron chi connectivity index (χ3n) is 4.78. The van der Waals surface area contributed by atoms with Crippen LogP contribution in [0.4, 0.5) is 5.95 Å². The van der Waals surface area contributed by atoms with Gasteiger partial charge in [-0.1, -0.05) is 0 Å². The molecule has 1 saturated heterocycles. The number of nitrogens with one attached hydrogen (secondary N) is 1. The molecule has 0 saturated carbocycles. The lowest BCUT2D eigenvalue weighted by Gasteiger charge is -2.33. The van der Waals surface area contributed by atoms with E-state index in [0.29, 0.717) is 18.9 Å². The van der Waals surface area contributed by atoms with Gasteiger partial charge in [0, 0.05) is 50.6 Å². The van der Waals surface area contributed by atoms with Crippen LogP contribution >= 0.6 is 0 Å². The quantitative estimate of drug-likeness (QED) is 0.883. The fourth-order valence-electron chi connectivity index (χ4n) is 3.40. The van der Waals surface area contributed by atoms with E-state index in [4.69, 9.17) is 9.72 Å². The number of fused-ring (bicyclic) bond motifs is 1. The van der Waals surface area contributed by atoms with Crippen molar-refractivity contribution in [3.05, 3.63) is 35.4 Å². The first kappa shape index (κ1) is 16.0. The topological polar surface area (TPSA) is 85.2 Å². The average Bonchev–Trinajstić information content (AvgIpc) is 3.07. The zero-order valence-corrected chi connectivity index (χ0v) is 14.3. The van der Waals surface area contributed by atoms with Crippen molar-refractivity contribution in [3.8, 4) is 0 Å². The van der Waals surface area contributed by atoms with Gasteiger partial charge in [-0.25, -0.2) is 9.97 Å². The number of carbonyl (C=O) groups is 1. The number of nitrogens with zero attached hydrogens (tertiary/aromatic N) is 5. The molecule has 25 heavy (non-hydrogen) atoms. The Morgan fingerprint density at radius 1 is 1.44 bits per heavy atom. The van der Waals surface area contributed by atoms with Crippen LogP contribution in [0.5, 0.6) is 0 Å². The van der Waals surface area contributed by atoms with Gasteiger partial charge < -0.3 is 15.0 Å². The molecule has 1 N–H and O–H groups in total. The van der Waals surface area contributed by atoms with Crippen molar-refractivity contribution in [1.82, 2.24) is 25.1 Å². The van der Waals surface area contributed by atoms with Crippen LogP contribution in [0.3, 0.4) is 0 Å². The Balaban J connectivity index is 1.44. The average molecular weight is 342 g/mol. The van der Waals surface area contributed by atoms with E-state index in [1.54, 1.807) is 24.0 Å². The van der Waals surface area contributed by atoms with E-state index in [9.17, 15) is 4.79 Å². The van der Waals surface area contributed by atoms with Gasteiger partial charge in [0.2, 0.25) is 5.95 Å². The van der Waals surface area contributed by atoms with Gasteiger partial charge >= 0.3 is 0 Å². The zero-order valence-electron chi connectivity index (χ0n) is 14.3. The van der Waals surface area contributed by atoms with Crippen molar-refractivity contribution in [2.75, 3.05) is 24.6 Å². The highest BCUT2D eigenvalue weighted by atomic mass is 16.5. The fourth-order valence-corrected chi connectivity index (χ4v) is 3.40. The summed E-state index contributed by atoms with van der Waals surface area (Å²) in [6.07, 6.45) is 6.29. The van der Waals surface area contributed by atoms with Gasteiger partial charge in [0.15, 0.2) is 0 Å². The fraction of sp³-hybridized carbons (Fsp3) is 0.529. The maximum Gasteiger partial charge on any atom is 0.269 e. The molecular formula is C17H22N6O2. The Bertz CT molecular complexity index is 774. The summed E-state index contributed by atoms with van der Waals surface area (Å²) in [5.74, 6) is 0.662. The lowest BCUT2D eigenvalue weighted by atomic mass is 10.1. The third-order valence-corrected chi connectivity index (χ3v) is 4.78. The highest BCUT2D eigenvalue weighted by Gasteiger charge is 2.25. The first-order valence-electron chi connectivity index (χ1n) is 8.67. The molecular weight excluding hydrogens is 320 g/mol. The number of aryl methyl sites for hydroxylation is 1. The van der Waals surface area contributed by atoms with E-state index < -0.39 is 0 Å². The minimum absolute atomic E-state index is 0.0825. The van der Waals surface area contributed by atoms with Gasteiger partial charge in [-0.2, -0.15) is 5.10 Å². The second-order valence-electron chi connectivity index (χ2n) is 6.54. The van der Waals surface area contributed by atoms with E-state index in [-0.39, 0.29) is 11.9 Å². The normalized spacial score (nSPS) is 20.2. The van der Waals surface area contributed by atoms with Crippen LogP contribution in [0.25, 0.3) is 0 Å². The molecule has 2 aromatic rings. The smallest absolute Gasteiger partial charge is 0.269 e. The van der Waals surface area contributed by atoms with Crippen LogP contribution in [-0.4, -0.2) is 51.4 Å². The number of hydrogen-bond acceptors (Lipinski definition) is 6. The van der Waals surface area contributed by atoms with Crippen LogP contribution < -0.4 is 10.2 Å². The molecule has 1 atom stereocenters. The highest BCUT2D eigenvalue weighted by molar-refractivity contribution is 5.92. The minimum Gasteiger partial charge on any atom is -0.376 e. The number of aromatic nitrogens is 4. The Labute approximate surface area is 146 Å². The summed E-state index contributed by atoms with van der Waals surface area (Å²) in [5, 5.41) is 7.16. The van der Waals surface area contributed by atoms with Crippen molar-refractivity contribution in [2.45, 2.75) is 31.9 Å². The molecule has 4 rings (SSSR count). The van der Waals surface area contributed by atoms with Gasteiger partial charge in [-0.05, 0) is 18.9 Å². The third kappa shape index (κ3) is 3.34. The number of carbonyl (C=O) groups excluding carboxylic acids is 1. The van der Waals surface area contributed by atoms with Crippen molar-refractivity contribution in [3.63, 3.8) is 0 Å². The number of ether oxygens (including phenoxy) is 1. The molecule has 0 aliphatic carbocycles. The van der Waals surface area contributed by atoms with Crippen molar-refractivity contribution < 1.29 is 9.53 Å². The van der Waals surface area contributed by atoms with E-state index in [1.165, 1.54) is 0 Å². The first-order chi connectivity index (χ1) is 12.2. The maximum absolute atomic E-state index is 12.4. The standard InChI is InChI=1S/C17H22N6O2/c1-22-15(4-6-19-22)16(24)20-13-3-2-7-23(10-13)17-18-9-12-11-25-8-5-14(12)21-17/h4,6,9,13H,2-3,5,7-8,10-11H2,1H3,(H,20,24)/t13-/m0/s1. The largest absolute Gasteiger partial charge is 0.376 e. The summed E-state index contributed by atoms with van der Waals surface area (Å²) in [5.41, 5.74) is 2.73. The summed E-state index contributed by atoms with van der Waals surface area (Å²) in [6, 6.07) is 1.81. The summed E-state index contributed by atoms with van der Waals surface area (Å²) in [6.45, 7) is 2.94. The van der Waals surface area contributed by atoms with E-state index in [1.807, 2.05) is 6.20 Å². The van der Waals surface area contributed by atoms with E-state index in [0.717, 1.165) is 49.6 Å². The van der Waals surface area contributed by atoms with Gasteiger partial charge in [0.05, 0.1) is 18.9 Å². The Morgan fingerprint density at radius 2 is 2.36 bits per heavy atom. The SMILES string of the molecule is Cn1nccc1C(=O)N[C@H]1CCCN(c2ncc3c(n2)CCOC3)C1. The first-order valence-corrected chi connectivity index (χ1v) is 8.67. The van der Waals surface area contributed by atoms with Gasteiger partial charge in [-0.15, -0.1) is 0 Å². The molecule has 0 spiro atoms. The molecule has 8 nitrogen and oxygen atoms in total. The Kier molecular flexibility index (Phi) is 4.35. The second kappa shape index (κ2) is 6.79. The molecule has 0 unspecified atom stereocenters. The van der Waals surface area contributed by atoms with Crippen LogP contribution in [0.15, 0.2) is 18.5 Å². The number of anilines is 1. The predicted octanol–water partition coefficient (Wildman–Crippen LogP) is 0.682. The summed E-state index contributed by atoms with van der Waals surface area (Å²) in [7, 11) is 1.77. The summed E-state index contributed by atoms with van der Waals surface area (Å²) < 4.78 is 7.03. The van der Waals surface area contributed by atoms with Crippen LogP contribution in [0, 0.1) is 0 Å². The van der Waals surface area contributed by atoms with E-state index >= 15 is 0 Å². The molecule has 1 amide bonds. The van der Waals surface area contributed by atoms with Gasteiger partial charge in [0.25, 0.3) is 5.91 Å². The molecule has 8 heteroatoms. The number of rotatable bonds is 3. The molecule has 2 aromatic heterocycles. The van der Waals surface area contributed by atoms with Gasteiger partial charge in [0.1, 0.15) is 5.69 Å². The molecule has 132 valence electrons. The summed E-state index contributed by atoms with van der Waals surface area (Å²) >= 11 is 0. The van der Waals surface area contributed by atoms with Crippen LogP contribution in [0.2, 0.25) is 0 Å². The lowest BCUT2D eigenvalue weighted by Crippen LogP contribution is -2.48. The minimum atomic E-state index is -0.0876. The lowest BCUT2D eigenvalue weighted by molar-refractivity contribution is 0.0923. The molecule has 0 bridgehead atoms. The van der Waals surface area contributed by atoms with Crippen molar-refractivity contribution in [2.24, 2.45) is 7.05 Å². The molecule has 2 aliphatic rings. The Morgan fingerprint density at radius 3 is 3.20 bits per heavy atom. The van der Waals surface area contributed by atoms with Crippen LogP contribution in [-0.2, 0) is 24.8 Å². The number of amides is 1. The predicted molar refractivity (Wildman–Crippen MR) is 91.3 cm³/mol. The second-order valence-corrected chi connectivity index (χ2v) is 6.54.